The van der Waals surface area contributed by atoms with Gasteiger partial charge in [0.15, 0.2) is 0 Å². The molecule has 0 spiro atoms. The predicted molar refractivity (Wildman–Crippen MR) is 59.9 cm³/mol. The van der Waals surface area contributed by atoms with Crippen LogP contribution in [0.5, 0.6) is 0 Å². The first kappa shape index (κ1) is 13.5. The van der Waals surface area contributed by atoms with Crippen molar-refractivity contribution in [2.75, 3.05) is 13.1 Å². The van der Waals surface area contributed by atoms with Gasteiger partial charge in [0.25, 0.3) is 0 Å². The Hall–Kier alpha value is -1.59. The molecule has 0 aromatic rings. The second kappa shape index (κ2) is 4.73. The molecule has 0 aromatic carbocycles. The number of primary amides is 1. The molecule has 1 saturated heterocycles. The van der Waals surface area contributed by atoms with E-state index in [1.165, 1.54) is 18.7 Å². The summed E-state index contributed by atoms with van der Waals surface area (Å²) in [5.74, 6) is -1.94. The SMILES string of the molecule is CC(C)(CC(=O)N1CCC(C(N)=O)C1)C(=O)O. The lowest BCUT2D eigenvalue weighted by Crippen LogP contribution is -2.36. The molecular formula is C11H18N2O4. The first-order chi connectivity index (χ1) is 7.74. The molecule has 1 heterocycles. The molecule has 0 radical (unpaired) electrons. The largest absolute Gasteiger partial charge is 0.481 e. The smallest absolute Gasteiger partial charge is 0.309 e. The number of carbonyl (C=O) groups is 3. The third kappa shape index (κ3) is 3.18. The van der Waals surface area contributed by atoms with E-state index in [9.17, 15) is 14.4 Å². The third-order valence-electron chi connectivity index (χ3n) is 3.12. The molecular weight excluding hydrogens is 224 g/mol. The number of aliphatic carboxylic acids is 1. The maximum atomic E-state index is 11.8. The van der Waals surface area contributed by atoms with Gasteiger partial charge < -0.3 is 15.7 Å². The molecule has 1 unspecified atom stereocenters. The fourth-order valence-electron chi connectivity index (χ4n) is 1.78. The molecule has 2 amide bonds. The van der Waals surface area contributed by atoms with Gasteiger partial charge in [0.2, 0.25) is 11.8 Å². The van der Waals surface area contributed by atoms with E-state index in [1.54, 1.807) is 0 Å². The highest BCUT2D eigenvalue weighted by atomic mass is 16.4. The van der Waals surface area contributed by atoms with Crippen molar-refractivity contribution >= 4 is 17.8 Å². The number of amides is 2. The van der Waals surface area contributed by atoms with Crippen LogP contribution in [0.25, 0.3) is 0 Å². The van der Waals surface area contributed by atoms with Gasteiger partial charge in [0.05, 0.1) is 11.3 Å². The van der Waals surface area contributed by atoms with Crippen LogP contribution < -0.4 is 5.73 Å². The van der Waals surface area contributed by atoms with Crippen LogP contribution in [0.2, 0.25) is 0 Å². The van der Waals surface area contributed by atoms with Crippen LogP contribution in [0, 0.1) is 11.3 Å². The van der Waals surface area contributed by atoms with Crippen molar-refractivity contribution in [3.8, 4) is 0 Å². The third-order valence-corrected chi connectivity index (χ3v) is 3.12. The summed E-state index contributed by atoms with van der Waals surface area (Å²) in [5.41, 5.74) is 4.08. The van der Waals surface area contributed by atoms with Gasteiger partial charge in [-0.3, -0.25) is 14.4 Å². The van der Waals surface area contributed by atoms with Crippen LogP contribution in [0.15, 0.2) is 0 Å². The number of rotatable bonds is 4. The Labute approximate surface area is 99.8 Å². The summed E-state index contributed by atoms with van der Waals surface area (Å²) >= 11 is 0. The highest BCUT2D eigenvalue weighted by molar-refractivity contribution is 5.85. The Morgan fingerprint density at radius 2 is 2.00 bits per heavy atom. The van der Waals surface area contributed by atoms with E-state index in [0.29, 0.717) is 19.5 Å². The zero-order valence-corrected chi connectivity index (χ0v) is 10.1. The molecule has 1 atom stereocenters. The van der Waals surface area contributed by atoms with E-state index in [0.717, 1.165) is 0 Å². The van der Waals surface area contributed by atoms with Crippen molar-refractivity contribution in [1.82, 2.24) is 4.90 Å². The lowest BCUT2D eigenvalue weighted by Gasteiger charge is -2.23. The zero-order valence-electron chi connectivity index (χ0n) is 10.1. The Morgan fingerprint density at radius 3 is 2.41 bits per heavy atom. The lowest BCUT2D eigenvalue weighted by atomic mass is 9.89. The second-order valence-electron chi connectivity index (χ2n) is 5.09. The van der Waals surface area contributed by atoms with E-state index in [2.05, 4.69) is 0 Å². The predicted octanol–water partition coefficient (Wildman–Crippen LogP) is -0.179. The van der Waals surface area contributed by atoms with Gasteiger partial charge in [-0.1, -0.05) is 0 Å². The first-order valence-electron chi connectivity index (χ1n) is 5.54. The van der Waals surface area contributed by atoms with Gasteiger partial charge >= 0.3 is 5.97 Å². The summed E-state index contributed by atoms with van der Waals surface area (Å²) in [6.07, 6.45) is 0.502. The molecule has 1 rings (SSSR count). The quantitative estimate of drug-likeness (QED) is 0.714. The monoisotopic (exact) mass is 242 g/mol. The molecule has 17 heavy (non-hydrogen) atoms. The summed E-state index contributed by atoms with van der Waals surface area (Å²) in [7, 11) is 0. The maximum Gasteiger partial charge on any atom is 0.309 e. The highest BCUT2D eigenvalue weighted by Gasteiger charge is 2.35. The second-order valence-corrected chi connectivity index (χ2v) is 5.09. The zero-order chi connectivity index (χ0) is 13.2. The molecule has 1 aliphatic rings. The molecule has 3 N–H and O–H groups in total. The minimum absolute atomic E-state index is 0.0617. The molecule has 0 saturated carbocycles. The summed E-state index contributed by atoms with van der Waals surface area (Å²) in [6.45, 7) is 3.80. The number of carboxylic acid groups (broad SMARTS) is 1. The number of hydrogen-bond acceptors (Lipinski definition) is 3. The number of carboxylic acids is 1. The average Bonchev–Trinajstić information content (AvgIpc) is 2.65. The molecule has 0 aromatic heterocycles. The minimum atomic E-state index is -1.08. The Bertz CT molecular complexity index is 351. The van der Waals surface area contributed by atoms with E-state index in [1.807, 2.05) is 0 Å². The molecule has 0 bridgehead atoms. The summed E-state index contributed by atoms with van der Waals surface area (Å²) in [5, 5.41) is 8.93. The Kier molecular flexibility index (Phi) is 3.75. The van der Waals surface area contributed by atoms with Gasteiger partial charge in [-0.25, -0.2) is 0 Å². The fraction of sp³-hybridized carbons (Fsp3) is 0.727. The summed E-state index contributed by atoms with van der Waals surface area (Å²) < 4.78 is 0. The number of likely N-dealkylation sites (tertiary alicyclic amines) is 1. The Morgan fingerprint density at radius 1 is 1.41 bits per heavy atom. The summed E-state index contributed by atoms with van der Waals surface area (Å²) in [4.78, 5) is 35.2. The molecule has 1 aliphatic heterocycles. The van der Waals surface area contributed by atoms with Crippen LogP contribution in [0.3, 0.4) is 0 Å². The minimum Gasteiger partial charge on any atom is -0.481 e. The Balaban J connectivity index is 2.56. The van der Waals surface area contributed by atoms with E-state index < -0.39 is 17.3 Å². The molecule has 0 aliphatic carbocycles. The molecule has 1 fully saturated rings. The van der Waals surface area contributed by atoms with Crippen molar-refractivity contribution in [1.29, 1.82) is 0 Å². The van der Waals surface area contributed by atoms with Crippen molar-refractivity contribution in [2.45, 2.75) is 26.7 Å². The number of nitrogens with two attached hydrogens (primary N) is 1. The topological polar surface area (TPSA) is 101 Å². The van der Waals surface area contributed by atoms with Gasteiger partial charge in [-0.05, 0) is 20.3 Å². The van der Waals surface area contributed by atoms with Gasteiger partial charge in [0, 0.05) is 19.5 Å². The first-order valence-corrected chi connectivity index (χ1v) is 5.54. The van der Waals surface area contributed by atoms with E-state index in [4.69, 9.17) is 10.8 Å². The van der Waals surface area contributed by atoms with Gasteiger partial charge in [0.1, 0.15) is 0 Å². The van der Waals surface area contributed by atoms with E-state index >= 15 is 0 Å². The average molecular weight is 242 g/mol. The van der Waals surface area contributed by atoms with Crippen molar-refractivity contribution in [3.05, 3.63) is 0 Å². The lowest BCUT2D eigenvalue weighted by molar-refractivity contribution is -0.151. The highest BCUT2D eigenvalue weighted by Crippen LogP contribution is 2.24. The molecule has 6 nitrogen and oxygen atoms in total. The van der Waals surface area contributed by atoms with Crippen LogP contribution in [0.1, 0.15) is 26.7 Å². The number of carbonyl (C=O) groups excluding carboxylic acids is 2. The van der Waals surface area contributed by atoms with Gasteiger partial charge in [-0.2, -0.15) is 0 Å². The standard InChI is InChI=1S/C11H18N2O4/c1-11(2,10(16)17)5-8(14)13-4-3-7(6-13)9(12)15/h7H,3-6H2,1-2H3,(H2,12,15)(H,16,17). The number of hydrogen-bond donors (Lipinski definition) is 2. The van der Waals surface area contributed by atoms with Crippen LogP contribution in [0.4, 0.5) is 0 Å². The number of nitrogens with zero attached hydrogens (tertiary/aromatic N) is 1. The van der Waals surface area contributed by atoms with Crippen molar-refractivity contribution in [2.24, 2.45) is 17.1 Å². The fourth-order valence-corrected chi connectivity index (χ4v) is 1.78. The molecule has 6 heteroatoms. The maximum absolute atomic E-state index is 11.8. The normalized spacial score (nSPS) is 20.4. The molecule has 96 valence electrons. The van der Waals surface area contributed by atoms with Crippen molar-refractivity contribution < 1.29 is 19.5 Å². The summed E-state index contributed by atoms with van der Waals surface area (Å²) in [6, 6.07) is 0. The van der Waals surface area contributed by atoms with Crippen LogP contribution in [-0.2, 0) is 14.4 Å². The van der Waals surface area contributed by atoms with Crippen molar-refractivity contribution in [3.63, 3.8) is 0 Å². The van der Waals surface area contributed by atoms with Crippen LogP contribution in [-0.4, -0.2) is 40.9 Å². The van der Waals surface area contributed by atoms with Gasteiger partial charge in [-0.15, -0.1) is 0 Å². The van der Waals surface area contributed by atoms with Crippen LogP contribution >= 0.6 is 0 Å². The van der Waals surface area contributed by atoms with E-state index in [-0.39, 0.29) is 18.2 Å².